The third-order valence-electron chi connectivity index (χ3n) is 4.01. The van der Waals surface area contributed by atoms with Gasteiger partial charge in [0.2, 0.25) is 0 Å². The average Bonchev–Trinajstić information content (AvgIpc) is 2.50. The van der Waals surface area contributed by atoms with Gasteiger partial charge in [0.1, 0.15) is 0 Å². The Morgan fingerprint density at radius 3 is 2.10 bits per heavy atom. The van der Waals surface area contributed by atoms with Gasteiger partial charge in [-0.05, 0) is 61.1 Å². The molecular formula is C19H23NO. The van der Waals surface area contributed by atoms with E-state index in [1.807, 2.05) is 25.1 Å². The number of para-hydroxylation sites is 1. The van der Waals surface area contributed by atoms with Crippen molar-refractivity contribution >= 4 is 11.6 Å². The molecular weight excluding hydrogens is 258 g/mol. The van der Waals surface area contributed by atoms with Gasteiger partial charge in [-0.15, -0.1) is 0 Å². The van der Waals surface area contributed by atoms with E-state index in [1.54, 1.807) is 0 Å². The van der Waals surface area contributed by atoms with Gasteiger partial charge in [-0.1, -0.05) is 38.1 Å². The highest BCUT2D eigenvalue weighted by Crippen LogP contribution is 2.23. The van der Waals surface area contributed by atoms with Crippen LogP contribution in [0.15, 0.2) is 36.4 Å². The zero-order chi connectivity index (χ0) is 15.4. The van der Waals surface area contributed by atoms with Crippen molar-refractivity contribution in [3.63, 3.8) is 0 Å². The molecule has 0 unspecified atom stereocenters. The first-order valence-corrected chi connectivity index (χ1v) is 7.56. The summed E-state index contributed by atoms with van der Waals surface area (Å²) in [6.07, 6.45) is 1.83. The first-order chi connectivity index (χ1) is 10.1. The Morgan fingerprint density at radius 2 is 1.57 bits per heavy atom. The fourth-order valence-corrected chi connectivity index (χ4v) is 2.47. The SMILES string of the molecule is CCc1cccc(CC)c1NC(=O)c1ccc(C)c(C)c1. The number of rotatable bonds is 4. The molecule has 1 N–H and O–H groups in total. The maximum atomic E-state index is 12.5. The minimum absolute atomic E-state index is 0.0336. The fourth-order valence-electron chi connectivity index (χ4n) is 2.47. The standard InChI is InChI=1S/C19H23NO/c1-5-15-8-7-9-16(6-2)18(15)20-19(21)17-11-10-13(3)14(4)12-17/h7-12H,5-6H2,1-4H3,(H,20,21). The number of benzene rings is 2. The first-order valence-electron chi connectivity index (χ1n) is 7.56. The van der Waals surface area contributed by atoms with E-state index in [0.29, 0.717) is 5.56 Å². The van der Waals surface area contributed by atoms with Crippen LogP contribution in [-0.4, -0.2) is 5.91 Å². The van der Waals surface area contributed by atoms with Crippen LogP contribution in [0.2, 0.25) is 0 Å². The van der Waals surface area contributed by atoms with Gasteiger partial charge in [0.25, 0.3) is 5.91 Å². The summed E-state index contributed by atoms with van der Waals surface area (Å²) in [6, 6.07) is 12.0. The highest BCUT2D eigenvalue weighted by molar-refractivity contribution is 6.05. The number of carbonyl (C=O) groups is 1. The summed E-state index contributed by atoms with van der Waals surface area (Å²) in [5, 5.41) is 3.11. The number of hydrogen-bond donors (Lipinski definition) is 1. The lowest BCUT2D eigenvalue weighted by Gasteiger charge is -2.15. The second kappa shape index (κ2) is 6.57. The van der Waals surface area contributed by atoms with E-state index in [2.05, 4.69) is 44.3 Å². The molecule has 0 atom stereocenters. The van der Waals surface area contributed by atoms with Crippen LogP contribution in [0.25, 0.3) is 0 Å². The minimum atomic E-state index is -0.0336. The summed E-state index contributed by atoms with van der Waals surface area (Å²) in [6.45, 7) is 8.31. The lowest BCUT2D eigenvalue weighted by Crippen LogP contribution is -2.15. The third-order valence-corrected chi connectivity index (χ3v) is 4.01. The van der Waals surface area contributed by atoms with Crippen molar-refractivity contribution in [1.29, 1.82) is 0 Å². The Labute approximate surface area is 127 Å². The molecule has 0 saturated heterocycles. The van der Waals surface area contributed by atoms with Gasteiger partial charge in [0.15, 0.2) is 0 Å². The van der Waals surface area contributed by atoms with Crippen LogP contribution in [0.1, 0.15) is 46.5 Å². The summed E-state index contributed by atoms with van der Waals surface area (Å²) in [5.41, 5.74) is 6.41. The Kier molecular flexibility index (Phi) is 4.79. The van der Waals surface area contributed by atoms with E-state index in [1.165, 1.54) is 16.7 Å². The Bertz CT molecular complexity index is 636. The van der Waals surface area contributed by atoms with Crippen molar-refractivity contribution < 1.29 is 4.79 Å². The van der Waals surface area contributed by atoms with Crippen LogP contribution in [-0.2, 0) is 12.8 Å². The van der Waals surface area contributed by atoms with Crippen molar-refractivity contribution in [2.75, 3.05) is 5.32 Å². The van der Waals surface area contributed by atoms with E-state index in [0.717, 1.165) is 24.1 Å². The predicted octanol–water partition coefficient (Wildman–Crippen LogP) is 4.68. The molecule has 2 nitrogen and oxygen atoms in total. The maximum absolute atomic E-state index is 12.5. The zero-order valence-electron chi connectivity index (χ0n) is 13.3. The van der Waals surface area contributed by atoms with Crippen LogP contribution in [0, 0.1) is 13.8 Å². The second-order valence-electron chi connectivity index (χ2n) is 5.41. The van der Waals surface area contributed by atoms with Crippen molar-refractivity contribution in [2.24, 2.45) is 0 Å². The molecule has 2 rings (SSSR count). The second-order valence-corrected chi connectivity index (χ2v) is 5.41. The van der Waals surface area contributed by atoms with Gasteiger partial charge in [0.05, 0.1) is 0 Å². The summed E-state index contributed by atoms with van der Waals surface area (Å²) >= 11 is 0. The van der Waals surface area contributed by atoms with Crippen molar-refractivity contribution in [3.8, 4) is 0 Å². The highest BCUT2D eigenvalue weighted by atomic mass is 16.1. The topological polar surface area (TPSA) is 29.1 Å². The lowest BCUT2D eigenvalue weighted by atomic mass is 10.0. The molecule has 0 aliphatic carbocycles. The number of aryl methyl sites for hydroxylation is 4. The van der Waals surface area contributed by atoms with Gasteiger partial charge in [0, 0.05) is 11.3 Å². The predicted molar refractivity (Wildman–Crippen MR) is 89.1 cm³/mol. The summed E-state index contributed by atoms with van der Waals surface area (Å²) in [5.74, 6) is -0.0336. The van der Waals surface area contributed by atoms with Crippen LogP contribution in [0.3, 0.4) is 0 Å². The summed E-state index contributed by atoms with van der Waals surface area (Å²) in [7, 11) is 0. The fraction of sp³-hybridized carbons (Fsp3) is 0.316. The van der Waals surface area contributed by atoms with Crippen molar-refractivity contribution in [2.45, 2.75) is 40.5 Å². The molecule has 2 aromatic carbocycles. The van der Waals surface area contributed by atoms with E-state index in [9.17, 15) is 4.79 Å². The first kappa shape index (κ1) is 15.3. The van der Waals surface area contributed by atoms with Crippen LogP contribution in [0.4, 0.5) is 5.69 Å². The van der Waals surface area contributed by atoms with Crippen LogP contribution >= 0.6 is 0 Å². The maximum Gasteiger partial charge on any atom is 0.255 e. The van der Waals surface area contributed by atoms with Crippen LogP contribution in [0.5, 0.6) is 0 Å². The van der Waals surface area contributed by atoms with Crippen molar-refractivity contribution in [3.05, 3.63) is 64.2 Å². The quantitative estimate of drug-likeness (QED) is 0.866. The van der Waals surface area contributed by atoms with Gasteiger partial charge < -0.3 is 5.32 Å². The minimum Gasteiger partial charge on any atom is -0.321 e. The number of carbonyl (C=O) groups excluding carboxylic acids is 1. The van der Waals surface area contributed by atoms with E-state index in [-0.39, 0.29) is 5.91 Å². The number of amides is 1. The normalized spacial score (nSPS) is 10.5. The van der Waals surface area contributed by atoms with E-state index < -0.39 is 0 Å². The largest absolute Gasteiger partial charge is 0.321 e. The Balaban J connectivity index is 2.33. The van der Waals surface area contributed by atoms with Gasteiger partial charge in [-0.25, -0.2) is 0 Å². The number of anilines is 1. The molecule has 0 spiro atoms. The molecule has 0 aliphatic rings. The zero-order valence-corrected chi connectivity index (χ0v) is 13.3. The van der Waals surface area contributed by atoms with Gasteiger partial charge in [-0.3, -0.25) is 4.79 Å². The molecule has 0 aromatic heterocycles. The third kappa shape index (κ3) is 3.33. The van der Waals surface area contributed by atoms with E-state index >= 15 is 0 Å². The summed E-state index contributed by atoms with van der Waals surface area (Å²) < 4.78 is 0. The van der Waals surface area contributed by atoms with E-state index in [4.69, 9.17) is 0 Å². The molecule has 2 heteroatoms. The smallest absolute Gasteiger partial charge is 0.255 e. The lowest BCUT2D eigenvalue weighted by molar-refractivity contribution is 0.102. The number of nitrogens with one attached hydrogen (secondary N) is 1. The summed E-state index contributed by atoms with van der Waals surface area (Å²) in [4.78, 5) is 12.5. The highest BCUT2D eigenvalue weighted by Gasteiger charge is 2.12. The number of hydrogen-bond acceptors (Lipinski definition) is 1. The monoisotopic (exact) mass is 281 g/mol. The average molecular weight is 281 g/mol. The molecule has 0 fully saturated rings. The molecule has 110 valence electrons. The Morgan fingerprint density at radius 1 is 0.952 bits per heavy atom. The van der Waals surface area contributed by atoms with Crippen LogP contribution < -0.4 is 5.32 Å². The van der Waals surface area contributed by atoms with Gasteiger partial charge >= 0.3 is 0 Å². The van der Waals surface area contributed by atoms with Gasteiger partial charge in [-0.2, -0.15) is 0 Å². The Hall–Kier alpha value is -2.09. The molecule has 0 aliphatic heterocycles. The molecule has 0 bridgehead atoms. The molecule has 0 saturated carbocycles. The molecule has 0 radical (unpaired) electrons. The molecule has 2 aromatic rings. The van der Waals surface area contributed by atoms with Crippen molar-refractivity contribution in [1.82, 2.24) is 0 Å². The molecule has 21 heavy (non-hydrogen) atoms. The molecule has 1 amide bonds. The molecule has 0 heterocycles.